The largest absolute Gasteiger partial charge is 0.481 e. The zero-order chi connectivity index (χ0) is 24.0. The van der Waals surface area contributed by atoms with E-state index in [4.69, 9.17) is 21.9 Å². The number of hydrogen-bond donors (Lipinski definition) is 3. The first-order chi connectivity index (χ1) is 15.8. The molecular weight excluding hydrogens is 449 g/mol. The Bertz CT molecular complexity index is 1120. The van der Waals surface area contributed by atoms with Crippen molar-refractivity contribution in [1.29, 1.82) is 0 Å². The lowest BCUT2D eigenvalue weighted by molar-refractivity contribution is -0.141. The van der Waals surface area contributed by atoms with E-state index in [1.165, 1.54) is 12.1 Å². The molecule has 1 aromatic heterocycles. The van der Waals surface area contributed by atoms with Crippen LogP contribution in [0.3, 0.4) is 0 Å². The number of nitrogens with zero attached hydrogens (tertiary/aromatic N) is 1. The number of carbonyl (C=O) groups is 2. The van der Waals surface area contributed by atoms with E-state index >= 15 is 0 Å². The lowest BCUT2D eigenvalue weighted by Crippen LogP contribution is -2.40. The van der Waals surface area contributed by atoms with E-state index in [0.29, 0.717) is 34.7 Å². The summed E-state index contributed by atoms with van der Waals surface area (Å²) in [6.45, 7) is 1.83. The maximum absolute atomic E-state index is 14.2. The summed E-state index contributed by atoms with van der Waals surface area (Å²) < 4.78 is 19.3. The minimum atomic E-state index is -1.03. The minimum Gasteiger partial charge on any atom is -0.481 e. The summed E-state index contributed by atoms with van der Waals surface area (Å²) >= 11 is 5.99. The molecule has 33 heavy (non-hydrogen) atoms. The van der Waals surface area contributed by atoms with Crippen LogP contribution in [0.5, 0.6) is 0 Å². The van der Waals surface area contributed by atoms with Gasteiger partial charge in [-0.3, -0.25) is 9.59 Å². The molecule has 3 aromatic rings. The van der Waals surface area contributed by atoms with Gasteiger partial charge in [0.1, 0.15) is 5.82 Å². The summed E-state index contributed by atoms with van der Waals surface area (Å²) in [4.78, 5) is 24.2. The molecule has 0 saturated carbocycles. The lowest BCUT2D eigenvalue weighted by Gasteiger charge is -2.21. The van der Waals surface area contributed by atoms with Crippen LogP contribution in [-0.4, -0.2) is 34.7 Å². The molecule has 4 N–H and O–H groups in total. The molecule has 0 fully saturated rings. The van der Waals surface area contributed by atoms with Crippen LogP contribution in [0.1, 0.15) is 35.2 Å². The third-order valence-electron chi connectivity index (χ3n) is 5.36. The monoisotopic (exact) mass is 473 g/mol. The SMILES string of the molecule is CCc1cc(C(=O)N[C@H](Cc2ccc(-c3cc(Cl)ccc3F)cc2)C[C@@H](CN)C(=O)O)on1. The maximum atomic E-state index is 14.2. The highest BCUT2D eigenvalue weighted by atomic mass is 35.5. The summed E-state index contributed by atoms with van der Waals surface area (Å²) in [6, 6.07) is 12.5. The van der Waals surface area contributed by atoms with Crippen molar-refractivity contribution in [3.05, 3.63) is 76.4 Å². The molecule has 1 heterocycles. The highest BCUT2D eigenvalue weighted by molar-refractivity contribution is 6.30. The van der Waals surface area contributed by atoms with Gasteiger partial charge in [0.15, 0.2) is 0 Å². The van der Waals surface area contributed by atoms with Crippen LogP contribution in [0.2, 0.25) is 5.02 Å². The predicted molar refractivity (Wildman–Crippen MR) is 122 cm³/mol. The molecule has 0 radical (unpaired) electrons. The Hall–Kier alpha value is -3.23. The normalized spacial score (nSPS) is 12.8. The van der Waals surface area contributed by atoms with Gasteiger partial charge in [-0.1, -0.05) is 47.9 Å². The number of carboxylic acid groups (broad SMARTS) is 1. The Kier molecular flexibility index (Phi) is 8.19. The van der Waals surface area contributed by atoms with Gasteiger partial charge < -0.3 is 20.7 Å². The Balaban J connectivity index is 1.79. The third-order valence-corrected chi connectivity index (χ3v) is 5.59. The molecular formula is C24H25ClFN3O4. The van der Waals surface area contributed by atoms with E-state index in [0.717, 1.165) is 5.56 Å². The van der Waals surface area contributed by atoms with Crippen LogP contribution < -0.4 is 11.1 Å². The van der Waals surface area contributed by atoms with Crippen molar-refractivity contribution in [2.75, 3.05) is 6.54 Å². The molecule has 9 heteroatoms. The molecule has 2 aromatic carbocycles. The molecule has 0 unspecified atom stereocenters. The second-order valence-electron chi connectivity index (χ2n) is 7.74. The van der Waals surface area contributed by atoms with Crippen molar-refractivity contribution in [3.63, 3.8) is 0 Å². The molecule has 0 bridgehead atoms. The Morgan fingerprint density at radius 1 is 1.21 bits per heavy atom. The number of aromatic nitrogens is 1. The number of benzene rings is 2. The number of carbonyl (C=O) groups excluding carboxylic acids is 1. The fourth-order valence-electron chi connectivity index (χ4n) is 3.50. The standard InChI is InChI=1S/C24H25ClFN3O4/c1-2-18-12-22(33-29-18)23(30)28-19(10-16(13-27)24(31)32)9-14-3-5-15(6-4-14)20-11-17(25)7-8-21(20)26/h3-8,11-12,16,19H,2,9-10,13,27H2,1H3,(H,28,30)(H,31,32)/t16-,19+/m0/s1. The first kappa shape index (κ1) is 24.4. The zero-order valence-electron chi connectivity index (χ0n) is 18.1. The molecule has 2 atom stereocenters. The number of aliphatic carboxylic acids is 1. The van der Waals surface area contributed by atoms with Crippen molar-refractivity contribution in [3.8, 4) is 11.1 Å². The molecule has 7 nitrogen and oxygen atoms in total. The molecule has 3 rings (SSSR count). The van der Waals surface area contributed by atoms with Crippen molar-refractivity contribution >= 4 is 23.5 Å². The third kappa shape index (κ3) is 6.40. The van der Waals surface area contributed by atoms with Crippen LogP contribution in [0.25, 0.3) is 11.1 Å². The van der Waals surface area contributed by atoms with Gasteiger partial charge in [0.2, 0.25) is 5.76 Å². The van der Waals surface area contributed by atoms with Gasteiger partial charge >= 0.3 is 5.97 Å². The fourth-order valence-corrected chi connectivity index (χ4v) is 3.67. The van der Waals surface area contributed by atoms with Crippen molar-refractivity contribution < 1.29 is 23.6 Å². The highest BCUT2D eigenvalue weighted by Gasteiger charge is 2.25. The molecule has 0 aliphatic heterocycles. The summed E-state index contributed by atoms with van der Waals surface area (Å²) in [5, 5.41) is 16.5. The predicted octanol–water partition coefficient (Wildman–Crippen LogP) is 4.09. The fraction of sp³-hybridized carbons (Fsp3) is 0.292. The van der Waals surface area contributed by atoms with E-state index in [9.17, 15) is 19.1 Å². The van der Waals surface area contributed by atoms with Gasteiger partial charge in [-0.05, 0) is 48.6 Å². The van der Waals surface area contributed by atoms with Gasteiger partial charge in [-0.2, -0.15) is 0 Å². The summed E-state index contributed by atoms with van der Waals surface area (Å²) in [6.07, 6.45) is 1.10. The van der Waals surface area contributed by atoms with Gasteiger partial charge in [0.25, 0.3) is 5.91 Å². The number of carboxylic acids is 1. The van der Waals surface area contributed by atoms with Crippen LogP contribution in [0.15, 0.2) is 53.1 Å². The first-order valence-corrected chi connectivity index (χ1v) is 10.9. The molecule has 174 valence electrons. The van der Waals surface area contributed by atoms with Gasteiger partial charge in [-0.15, -0.1) is 0 Å². The van der Waals surface area contributed by atoms with E-state index in [-0.39, 0.29) is 24.5 Å². The van der Waals surface area contributed by atoms with Gasteiger partial charge in [-0.25, -0.2) is 4.39 Å². The van der Waals surface area contributed by atoms with Crippen molar-refractivity contribution in [1.82, 2.24) is 10.5 Å². The molecule has 0 spiro atoms. The first-order valence-electron chi connectivity index (χ1n) is 10.5. The van der Waals surface area contributed by atoms with Crippen molar-refractivity contribution in [2.45, 2.75) is 32.2 Å². The van der Waals surface area contributed by atoms with Crippen LogP contribution in [0, 0.1) is 11.7 Å². The minimum absolute atomic E-state index is 0.0586. The molecule has 0 aliphatic carbocycles. The number of hydrogen-bond acceptors (Lipinski definition) is 5. The van der Waals surface area contributed by atoms with Gasteiger partial charge in [0, 0.05) is 29.2 Å². The number of nitrogens with one attached hydrogen (secondary N) is 1. The second-order valence-corrected chi connectivity index (χ2v) is 8.17. The number of rotatable bonds is 10. The van der Waals surface area contributed by atoms with E-state index < -0.39 is 23.8 Å². The van der Waals surface area contributed by atoms with Crippen molar-refractivity contribution in [2.24, 2.45) is 11.7 Å². The van der Waals surface area contributed by atoms with Gasteiger partial charge in [0.05, 0.1) is 11.6 Å². The zero-order valence-corrected chi connectivity index (χ0v) is 18.8. The quantitative estimate of drug-likeness (QED) is 0.408. The summed E-state index contributed by atoms with van der Waals surface area (Å²) in [5.41, 5.74) is 8.13. The van der Waals surface area contributed by atoms with E-state index in [1.807, 2.05) is 6.92 Å². The molecule has 1 amide bonds. The number of nitrogens with two attached hydrogens (primary N) is 1. The topological polar surface area (TPSA) is 118 Å². The Morgan fingerprint density at radius 3 is 2.55 bits per heavy atom. The van der Waals surface area contributed by atoms with Crippen LogP contribution in [-0.2, 0) is 17.6 Å². The number of aryl methyl sites for hydroxylation is 1. The average molecular weight is 474 g/mol. The highest BCUT2D eigenvalue weighted by Crippen LogP contribution is 2.26. The smallest absolute Gasteiger partial charge is 0.307 e. The summed E-state index contributed by atoms with van der Waals surface area (Å²) in [5.74, 6) is -2.66. The number of halogens is 2. The van der Waals surface area contributed by atoms with Crippen LogP contribution in [0.4, 0.5) is 4.39 Å². The molecule has 0 saturated heterocycles. The average Bonchev–Trinajstić information content (AvgIpc) is 3.29. The van der Waals surface area contributed by atoms with Crippen LogP contribution >= 0.6 is 11.6 Å². The second kappa shape index (κ2) is 11.1. The van der Waals surface area contributed by atoms with E-state index in [2.05, 4.69) is 10.5 Å². The summed E-state index contributed by atoms with van der Waals surface area (Å²) in [7, 11) is 0. The molecule has 0 aliphatic rings. The Morgan fingerprint density at radius 2 is 1.94 bits per heavy atom. The lowest BCUT2D eigenvalue weighted by atomic mass is 9.94. The number of amides is 1. The Labute approximate surface area is 195 Å². The maximum Gasteiger partial charge on any atom is 0.307 e. The van der Waals surface area contributed by atoms with E-state index in [1.54, 1.807) is 36.4 Å².